The number of hydrogen-bond acceptors (Lipinski definition) is 3. The highest BCUT2D eigenvalue weighted by molar-refractivity contribution is 5.88. The van der Waals surface area contributed by atoms with Crippen molar-refractivity contribution in [2.24, 2.45) is 0 Å². The van der Waals surface area contributed by atoms with Crippen LogP contribution in [-0.4, -0.2) is 34.4 Å². The topological polar surface area (TPSA) is 69.6 Å². The Hall–Kier alpha value is -2.69. The van der Waals surface area contributed by atoms with E-state index < -0.39 is 12.2 Å². The molecule has 0 fully saturated rings. The van der Waals surface area contributed by atoms with Gasteiger partial charge in [-0.2, -0.15) is 0 Å². The summed E-state index contributed by atoms with van der Waals surface area (Å²) in [5.74, 6) is -0.141. The molecule has 4 heteroatoms. The second kappa shape index (κ2) is 16.1. The van der Waals surface area contributed by atoms with E-state index in [1.807, 2.05) is 38.2 Å². The summed E-state index contributed by atoms with van der Waals surface area (Å²) in [6, 6.07) is 0.0292. The summed E-state index contributed by atoms with van der Waals surface area (Å²) in [6.07, 6.45) is 27.3. The zero-order valence-corrected chi connectivity index (χ0v) is 18.9. The molecule has 0 saturated carbocycles. The fourth-order valence-corrected chi connectivity index (χ4v) is 2.80. The number of amides is 1. The lowest BCUT2D eigenvalue weighted by Crippen LogP contribution is -2.32. The van der Waals surface area contributed by atoms with Gasteiger partial charge in [-0.15, -0.1) is 0 Å². The van der Waals surface area contributed by atoms with Crippen molar-refractivity contribution in [1.29, 1.82) is 0 Å². The second-order valence-electron chi connectivity index (χ2n) is 7.63. The van der Waals surface area contributed by atoms with Crippen molar-refractivity contribution in [3.63, 3.8) is 0 Å². The molecule has 0 spiro atoms. The van der Waals surface area contributed by atoms with E-state index in [4.69, 9.17) is 0 Å². The number of hydrogen-bond donors (Lipinski definition) is 3. The Balaban J connectivity index is 3.01. The quantitative estimate of drug-likeness (QED) is 0.556. The smallest absolute Gasteiger partial charge is 0.244 e. The minimum absolute atomic E-state index is 0.0292. The molecule has 3 unspecified atom stereocenters. The Morgan fingerprint density at radius 1 is 0.968 bits per heavy atom. The fourth-order valence-electron chi connectivity index (χ4n) is 2.80. The molecule has 0 bridgehead atoms. The zero-order valence-electron chi connectivity index (χ0n) is 18.9. The van der Waals surface area contributed by atoms with Crippen LogP contribution in [0.4, 0.5) is 0 Å². The van der Waals surface area contributed by atoms with Crippen molar-refractivity contribution in [3.8, 4) is 0 Å². The molecule has 0 aromatic carbocycles. The fraction of sp³-hybridized carbons (Fsp3) is 0.370. The zero-order chi connectivity index (χ0) is 22.9. The molecule has 1 rings (SSSR count). The predicted octanol–water partition coefficient (Wildman–Crippen LogP) is 5.02. The largest absolute Gasteiger partial charge is 0.386 e. The van der Waals surface area contributed by atoms with Crippen LogP contribution in [0.3, 0.4) is 0 Å². The monoisotopic (exact) mass is 423 g/mol. The summed E-state index contributed by atoms with van der Waals surface area (Å²) in [5, 5.41) is 23.2. The normalized spacial score (nSPS) is 32.7. The Morgan fingerprint density at radius 2 is 1.68 bits per heavy atom. The van der Waals surface area contributed by atoms with Crippen molar-refractivity contribution < 1.29 is 15.0 Å². The van der Waals surface area contributed by atoms with Gasteiger partial charge in [-0.05, 0) is 33.1 Å². The first-order valence-electron chi connectivity index (χ1n) is 11.0. The summed E-state index contributed by atoms with van der Waals surface area (Å²) >= 11 is 0. The maximum atomic E-state index is 12.3. The Kier molecular flexibility index (Phi) is 13.6. The first-order chi connectivity index (χ1) is 14.9. The minimum Gasteiger partial charge on any atom is -0.386 e. The van der Waals surface area contributed by atoms with Gasteiger partial charge in [0.1, 0.15) is 12.2 Å². The Labute approximate surface area is 187 Å². The van der Waals surface area contributed by atoms with Crippen LogP contribution in [0.25, 0.3) is 0 Å². The third kappa shape index (κ3) is 13.3. The van der Waals surface area contributed by atoms with Crippen LogP contribution in [-0.2, 0) is 4.79 Å². The molecule has 1 heterocycles. The van der Waals surface area contributed by atoms with E-state index in [0.717, 1.165) is 36.8 Å². The summed E-state index contributed by atoms with van der Waals surface area (Å²) in [4.78, 5) is 12.3. The molecule has 0 aliphatic carbocycles. The highest BCUT2D eigenvalue weighted by Crippen LogP contribution is 2.06. The van der Waals surface area contributed by atoms with Gasteiger partial charge in [0.25, 0.3) is 0 Å². The lowest BCUT2D eigenvalue weighted by molar-refractivity contribution is -0.117. The third-order valence-electron chi connectivity index (χ3n) is 4.58. The SMILES string of the molecule is CCC/C=C/CC1C\C=C/C=C(C)/C=C/C=C\C(O)C(O)\C=C(C)/C=C/C=C/C(=O)N1. The van der Waals surface area contributed by atoms with Gasteiger partial charge in [-0.25, -0.2) is 0 Å². The van der Waals surface area contributed by atoms with Crippen molar-refractivity contribution >= 4 is 5.91 Å². The molecular weight excluding hydrogens is 386 g/mol. The maximum Gasteiger partial charge on any atom is 0.244 e. The molecule has 1 aliphatic heterocycles. The number of nitrogens with one attached hydrogen (secondary N) is 1. The van der Waals surface area contributed by atoms with Crippen LogP contribution in [0.1, 0.15) is 46.5 Å². The van der Waals surface area contributed by atoms with E-state index >= 15 is 0 Å². The van der Waals surface area contributed by atoms with E-state index in [-0.39, 0.29) is 11.9 Å². The lowest BCUT2D eigenvalue weighted by atomic mass is 10.1. The van der Waals surface area contributed by atoms with E-state index in [2.05, 4.69) is 30.5 Å². The molecule has 168 valence electrons. The van der Waals surface area contributed by atoms with Crippen LogP contribution in [0.2, 0.25) is 0 Å². The van der Waals surface area contributed by atoms with Crippen molar-refractivity contribution in [3.05, 3.63) is 96.2 Å². The van der Waals surface area contributed by atoms with Gasteiger partial charge in [-0.3, -0.25) is 4.79 Å². The van der Waals surface area contributed by atoms with Gasteiger partial charge >= 0.3 is 0 Å². The molecule has 3 atom stereocenters. The molecule has 1 amide bonds. The standard InChI is InChI=1S/C27H37NO3/c1-4-5-6-7-17-24-18-11-8-14-22(2)15-9-12-19-25(29)26(30)21-23(3)16-10-13-20-27(31)28-24/h6-16,19-21,24-26,29-30H,4-5,17-18H2,1-3H3,(H,28,31)/b7-6+,11-8-,15-9+,16-10+,19-12-,20-13+,22-14+,23-21-. The highest BCUT2D eigenvalue weighted by atomic mass is 16.3. The van der Waals surface area contributed by atoms with Gasteiger partial charge in [0, 0.05) is 12.1 Å². The van der Waals surface area contributed by atoms with Crippen molar-refractivity contribution in [2.75, 3.05) is 0 Å². The van der Waals surface area contributed by atoms with Crippen molar-refractivity contribution in [1.82, 2.24) is 5.32 Å². The highest BCUT2D eigenvalue weighted by Gasteiger charge is 2.09. The molecule has 4 nitrogen and oxygen atoms in total. The number of allylic oxidation sites excluding steroid dienone is 11. The lowest BCUT2D eigenvalue weighted by Gasteiger charge is -2.14. The summed E-state index contributed by atoms with van der Waals surface area (Å²) in [6.45, 7) is 5.96. The van der Waals surface area contributed by atoms with Gasteiger partial charge in [-0.1, -0.05) is 103 Å². The van der Waals surface area contributed by atoms with E-state index in [0.29, 0.717) is 0 Å². The Bertz CT molecular complexity index is 778. The van der Waals surface area contributed by atoms with Gasteiger partial charge in [0.05, 0.1) is 0 Å². The summed E-state index contributed by atoms with van der Waals surface area (Å²) in [5.41, 5.74) is 1.84. The Morgan fingerprint density at radius 3 is 2.45 bits per heavy atom. The first kappa shape index (κ1) is 26.3. The van der Waals surface area contributed by atoms with Crippen LogP contribution in [0, 0.1) is 0 Å². The van der Waals surface area contributed by atoms with Gasteiger partial charge in [0.2, 0.25) is 5.91 Å². The van der Waals surface area contributed by atoms with Crippen molar-refractivity contribution in [2.45, 2.75) is 64.7 Å². The average Bonchev–Trinajstić information content (AvgIpc) is 2.73. The number of unbranched alkanes of at least 4 members (excludes halogenated alkanes) is 1. The minimum atomic E-state index is -1.01. The second-order valence-corrected chi connectivity index (χ2v) is 7.63. The number of carbonyl (C=O) groups is 1. The predicted molar refractivity (Wildman–Crippen MR) is 130 cm³/mol. The summed E-state index contributed by atoms with van der Waals surface area (Å²) in [7, 11) is 0. The molecule has 0 radical (unpaired) electrons. The molecule has 3 N–H and O–H groups in total. The average molecular weight is 424 g/mol. The van der Waals surface area contributed by atoms with Gasteiger partial charge < -0.3 is 15.5 Å². The molecule has 31 heavy (non-hydrogen) atoms. The van der Waals surface area contributed by atoms with E-state index in [9.17, 15) is 15.0 Å². The van der Waals surface area contributed by atoms with Crippen LogP contribution >= 0.6 is 0 Å². The van der Waals surface area contributed by atoms with Crippen LogP contribution in [0.5, 0.6) is 0 Å². The molecule has 1 aliphatic rings. The molecular formula is C27H37NO3. The number of carbonyl (C=O) groups excluding carboxylic acids is 1. The molecule has 0 saturated heterocycles. The first-order valence-corrected chi connectivity index (χ1v) is 11.0. The van der Waals surface area contributed by atoms with Crippen LogP contribution in [0.15, 0.2) is 96.2 Å². The van der Waals surface area contributed by atoms with Gasteiger partial charge in [0.15, 0.2) is 0 Å². The van der Waals surface area contributed by atoms with E-state index in [1.54, 1.807) is 36.5 Å². The maximum absolute atomic E-state index is 12.3. The number of rotatable bonds is 4. The molecule has 0 aromatic heterocycles. The van der Waals surface area contributed by atoms with E-state index in [1.165, 1.54) is 6.08 Å². The van der Waals surface area contributed by atoms with Crippen LogP contribution < -0.4 is 5.32 Å². The number of aliphatic hydroxyl groups excluding tert-OH is 2. The third-order valence-corrected chi connectivity index (χ3v) is 4.58. The molecule has 0 aromatic rings. The summed E-state index contributed by atoms with van der Waals surface area (Å²) < 4.78 is 0. The number of aliphatic hydroxyl groups is 2.